The van der Waals surface area contributed by atoms with E-state index in [-0.39, 0.29) is 11.3 Å². The molecule has 3 rings (SSSR count). The molecule has 2 heteroatoms. The minimum Gasteiger partial charge on any atom is -0.392 e. The van der Waals surface area contributed by atoms with Crippen LogP contribution in [0, 0.1) is 25.2 Å². The smallest absolute Gasteiger partial charge is 0.0513 e. The standard InChI is InChI=1S/C26H30.C13H17N.C13H16S.C2H6/c1-6-14-22(5)26(23(15-7-2)16-8-3,24-18-10-9-11-19-24)25-20-13-12-17-21(25)4;1-11(9-10-12(2)14-3)13-7-5-4-6-8-13;1-5-7-8-9-10-12(6-2)13(14)11(3)4;1-2/h6-20,22H,2H2,1,3-5H3;4-10,14H,1-3H3;1,6-10,14H,2-4H3;1-2H3/b14-6-,16-8-,23-15+;11-9+,12-10+;8-7-,10-9-,12-6-;. The molecule has 0 saturated heterocycles. The molecule has 0 spiro atoms. The van der Waals surface area contributed by atoms with Crippen molar-refractivity contribution in [2.45, 2.75) is 81.6 Å². The Morgan fingerprint density at radius 2 is 1.39 bits per heavy atom. The zero-order valence-electron chi connectivity index (χ0n) is 36.4. The van der Waals surface area contributed by atoms with Gasteiger partial charge in [0.15, 0.2) is 0 Å². The van der Waals surface area contributed by atoms with E-state index in [9.17, 15) is 0 Å². The topological polar surface area (TPSA) is 12.0 Å². The van der Waals surface area contributed by atoms with Crippen LogP contribution >= 0.6 is 12.6 Å². The van der Waals surface area contributed by atoms with E-state index in [1.165, 1.54) is 44.7 Å². The Morgan fingerprint density at radius 1 is 0.804 bits per heavy atom. The van der Waals surface area contributed by atoms with Crippen LogP contribution in [-0.4, -0.2) is 7.05 Å². The van der Waals surface area contributed by atoms with Crippen molar-refractivity contribution in [2.24, 2.45) is 5.92 Å². The molecule has 0 aliphatic heterocycles. The number of hydrogen-bond donors (Lipinski definition) is 2. The van der Waals surface area contributed by atoms with Crippen LogP contribution in [-0.2, 0) is 5.41 Å². The summed E-state index contributed by atoms with van der Waals surface area (Å²) in [5.74, 6) is 2.71. The van der Waals surface area contributed by atoms with E-state index >= 15 is 0 Å². The van der Waals surface area contributed by atoms with Gasteiger partial charge in [0, 0.05) is 17.6 Å². The molecule has 0 heterocycles. The average Bonchev–Trinajstić information content (AvgIpc) is 3.22. The maximum atomic E-state index is 5.08. The SMILES string of the molecule is C#C\C=C/C=C\C(=C\C)C(S)=C(C)C.C=C/C=C(\C=C/C)C(c1ccccc1)(c1ccccc1C)C(C)/C=C\C.CC.CN/C(C)=C/C=C(\C)c1ccccc1. The third kappa shape index (κ3) is 16.6. The van der Waals surface area contributed by atoms with Gasteiger partial charge in [-0.3, -0.25) is 0 Å². The van der Waals surface area contributed by atoms with Crippen molar-refractivity contribution in [3.63, 3.8) is 0 Å². The van der Waals surface area contributed by atoms with Crippen LogP contribution in [0.3, 0.4) is 0 Å². The lowest BCUT2D eigenvalue weighted by Gasteiger charge is -2.42. The van der Waals surface area contributed by atoms with Gasteiger partial charge >= 0.3 is 0 Å². The summed E-state index contributed by atoms with van der Waals surface area (Å²) in [6.07, 6.45) is 31.5. The second-order valence-electron chi connectivity index (χ2n) is 13.0. The van der Waals surface area contributed by atoms with Gasteiger partial charge in [-0.2, -0.15) is 0 Å². The summed E-state index contributed by atoms with van der Waals surface area (Å²) in [6, 6.07) is 29.9. The van der Waals surface area contributed by atoms with Crippen LogP contribution < -0.4 is 5.32 Å². The molecule has 0 aliphatic rings. The first-order valence-electron chi connectivity index (χ1n) is 19.6. The number of rotatable bonds is 13. The maximum Gasteiger partial charge on any atom is 0.0513 e. The largest absolute Gasteiger partial charge is 0.392 e. The second-order valence-corrected chi connectivity index (χ2v) is 13.4. The average molecular weight is 764 g/mol. The Bertz CT molecular complexity index is 1900. The molecule has 1 nitrogen and oxygen atoms in total. The van der Waals surface area contributed by atoms with E-state index in [0.717, 1.165) is 10.5 Å². The fraction of sp³-hybridized carbons (Fsp3) is 0.259. The highest BCUT2D eigenvalue weighted by molar-refractivity contribution is 7.84. The first-order valence-corrected chi connectivity index (χ1v) is 20.1. The Hall–Kier alpha value is -5.23. The van der Waals surface area contributed by atoms with Gasteiger partial charge in [0.05, 0.1) is 5.41 Å². The molecule has 0 saturated carbocycles. The molecule has 2 unspecified atom stereocenters. The molecule has 3 aromatic carbocycles. The minimum atomic E-state index is -0.278. The number of terminal acetylenes is 1. The summed E-state index contributed by atoms with van der Waals surface area (Å²) in [7, 11) is 1.93. The normalized spacial score (nSPS) is 13.7. The highest BCUT2D eigenvalue weighted by atomic mass is 32.1. The number of benzene rings is 3. The fourth-order valence-electron chi connectivity index (χ4n) is 6.02. The maximum absolute atomic E-state index is 5.08. The summed E-state index contributed by atoms with van der Waals surface area (Å²) >= 11 is 4.42. The van der Waals surface area contributed by atoms with Crippen molar-refractivity contribution in [3.05, 3.63) is 220 Å². The van der Waals surface area contributed by atoms with E-state index in [4.69, 9.17) is 6.42 Å². The van der Waals surface area contributed by atoms with Gasteiger partial charge in [-0.25, -0.2) is 0 Å². The van der Waals surface area contributed by atoms with E-state index in [1.807, 2.05) is 78.1 Å². The molecule has 0 aromatic heterocycles. The lowest BCUT2D eigenvalue weighted by Crippen LogP contribution is -2.37. The first-order chi connectivity index (χ1) is 27.0. The van der Waals surface area contributed by atoms with E-state index in [0.29, 0.717) is 0 Å². The summed E-state index contributed by atoms with van der Waals surface area (Å²) in [5.41, 5.74) is 10.9. The zero-order valence-corrected chi connectivity index (χ0v) is 37.3. The van der Waals surface area contributed by atoms with Crippen LogP contribution in [0.5, 0.6) is 0 Å². The lowest BCUT2D eigenvalue weighted by atomic mass is 9.60. The van der Waals surface area contributed by atoms with Crippen LogP contribution in [0.2, 0.25) is 0 Å². The molecule has 0 radical (unpaired) electrons. The van der Waals surface area contributed by atoms with Crippen molar-refractivity contribution in [2.75, 3.05) is 7.05 Å². The van der Waals surface area contributed by atoms with Gasteiger partial charge in [-0.15, -0.1) is 19.1 Å². The Morgan fingerprint density at radius 3 is 1.89 bits per heavy atom. The summed E-state index contributed by atoms with van der Waals surface area (Å²) in [6.45, 7) is 26.9. The van der Waals surface area contributed by atoms with Gasteiger partial charge in [0.25, 0.3) is 0 Å². The van der Waals surface area contributed by atoms with Crippen LogP contribution in [0.15, 0.2) is 198 Å². The molecule has 2 atom stereocenters. The van der Waals surface area contributed by atoms with Crippen LogP contribution in [0.25, 0.3) is 5.57 Å². The van der Waals surface area contributed by atoms with E-state index in [2.05, 4.69) is 193 Å². The fourth-order valence-corrected chi connectivity index (χ4v) is 6.23. The van der Waals surface area contributed by atoms with Gasteiger partial charge in [0.2, 0.25) is 0 Å². The Kier molecular flexibility index (Phi) is 27.2. The number of thiol groups is 1. The van der Waals surface area contributed by atoms with Crippen LogP contribution in [0.4, 0.5) is 0 Å². The highest BCUT2D eigenvalue weighted by Crippen LogP contribution is 2.48. The van der Waals surface area contributed by atoms with Gasteiger partial charge in [0.1, 0.15) is 0 Å². The third-order valence-corrected chi connectivity index (χ3v) is 9.61. The Labute approximate surface area is 349 Å². The number of aryl methyl sites for hydroxylation is 1. The van der Waals surface area contributed by atoms with Crippen molar-refractivity contribution < 1.29 is 0 Å². The Balaban J connectivity index is 0.000000859. The third-order valence-electron chi connectivity index (χ3n) is 8.91. The predicted octanol–water partition coefficient (Wildman–Crippen LogP) is 15.3. The molecular weight excluding hydrogens is 695 g/mol. The van der Waals surface area contributed by atoms with Crippen molar-refractivity contribution in [1.82, 2.24) is 5.32 Å². The molecule has 0 bridgehead atoms. The number of hydrogen-bond acceptors (Lipinski definition) is 2. The first kappa shape index (κ1) is 50.8. The molecule has 56 heavy (non-hydrogen) atoms. The molecule has 1 N–H and O–H groups in total. The quantitative estimate of drug-likeness (QED) is 0.0765. The van der Waals surface area contributed by atoms with Crippen molar-refractivity contribution in [1.29, 1.82) is 0 Å². The minimum absolute atomic E-state index is 0.276. The summed E-state index contributed by atoms with van der Waals surface area (Å²) < 4.78 is 0. The van der Waals surface area contributed by atoms with Gasteiger partial charge < -0.3 is 5.32 Å². The number of allylic oxidation sites excluding steroid dienone is 18. The predicted molar refractivity (Wildman–Crippen MR) is 258 cm³/mol. The number of nitrogens with one attached hydrogen (secondary N) is 1. The summed E-state index contributed by atoms with van der Waals surface area (Å²) in [4.78, 5) is 1.01. The monoisotopic (exact) mass is 764 g/mol. The molecular formula is C54H69NS. The van der Waals surface area contributed by atoms with E-state index in [1.54, 1.807) is 6.08 Å². The molecule has 0 aliphatic carbocycles. The van der Waals surface area contributed by atoms with Crippen molar-refractivity contribution >= 4 is 18.2 Å². The lowest BCUT2D eigenvalue weighted by molar-refractivity contribution is 0.477. The van der Waals surface area contributed by atoms with Crippen LogP contribution in [0.1, 0.15) is 91.5 Å². The van der Waals surface area contributed by atoms with Gasteiger partial charge in [-0.05, 0) is 112 Å². The van der Waals surface area contributed by atoms with Gasteiger partial charge in [-0.1, -0.05) is 191 Å². The molecule has 0 fully saturated rings. The summed E-state index contributed by atoms with van der Waals surface area (Å²) in [5, 5.41) is 3.09. The zero-order chi connectivity index (χ0) is 42.4. The van der Waals surface area contributed by atoms with Crippen molar-refractivity contribution in [3.8, 4) is 12.3 Å². The molecule has 0 amide bonds. The van der Waals surface area contributed by atoms with E-state index < -0.39 is 0 Å². The molecule has 296 valence electrons. The molecule has 3 aromatic rings. The second kappa shape index (κ2) is 30.0. The highest BCUT2D eigenvalue weighted by Gasteiger charge is 2.41.